The second-order valence-corrected chi connectivity index (χ2v) is 8.06. The van der Waals surface area contributed by atoms with Gasteiger partial charge in [-0.1, -0.05) is 48.0 Å². The fourth-order valence-electron chi connectivity index (χ4n) is 2.84. The predicted octanol–water partition coefficient (Wildman–Crippen LogP) is 4.44. The summed E-state index contributed by atoms with van der Waals surface area (Å²) in [5.41, 5.74) is 3.34. The van der Waals surface area contributed by atoms with Crippen molar-refractivity contribution in [2.45, 2.75) is 39.1 Å². The molecule has 0 bridgehead atoms. The number of halogens is 1. The van der Waals surface area contributed by atoms with Gasteiger partial charge < -0.3 is 10.2 Å². The van der Waals surface area contributed by atoms with Crippen LogP contribution in [0.1, 0.15) is 30.5 Å². The molecule has 4 nitrogen and oxygen atoms in total. The Hall–Kier alpha value is -1.98. The number of hydrogen-bond acceptors (Lipinski definition) is 3. The molecule has 28 heavy (non-hydrogen) atoms. The third kappa shape index (κ3) is 6.57. The Bertz CT molecular complexity index is 813. The van der Waals surface area contributed by atoms with E-state index in [4.69, 9.17) is 11.6 Å². The first kappa shape index (κ1) is 22.3. The molecule has 150 valence electrons. The summed E-state index contributed by atoms with van der Waals surface area (Å²) in [6, 6.07) is 15.0. The van der Waals surface area contributed by atoms with Crippen LogP contribution < -0.4 is 5.32 Å². The molecule has 0 aliphatic carbocycles. The molecule has 0 fully saturated rings. The predicted molar refractivity (Wildman–Crippen MR) is 117 cm³/mol. The zero-order chi connectivity index (χ0) is 20.5. The Morgan fingerprint density at radius 2 is 1.93 bits per heavy atom. The first-order chi connectivity index (χ1) is 13.4. The molecule has 0 heterocycles. The standard InChI is InChI=1S/C22H27ClN2O2S/c1-4-24-22(27)17(3)25(13-18-9-7-11-20(23)12-18)21(26)15-28-14-19-10-6-5-8-16(19)2/h5-12,17H,4,13-15H2,1-3H3,(H,24,27)/t17-/m1/s1. The molecule has 2 rings (SSSR count). The monoisotopic (exact) mass is 418 g/mol. The lowest BCUT2D eigenvalue weighted by molar-refractivity contribution is -0.138. The van der Waals surface area contributed by atoms with E-state index in [1.54, 1.807) is 29.7 Å². The second kappa shape index (κ2) is 11.1. The SMILES string of the molecule is CCNC(=O)[C@@H](C)N(Cc1cccc(Cl)c1)C(=O)CSCc1ccccc1C. The fourth-order valence-corrected chi connectivity index (χ4v) is 4.04. The van der Waals surface area contributed by atoms with E-state index in [2.05, 4.69) is 24.4 Å². The van der Waals surface area contributed by atoms with Crippen LogP contribution in [0.5, 0.6) is 0 Å². The smallest absolute Gasteiger partial charge is 0.242 e. The first-order valence-electron chi connectivity index (χ1n) is 9.36. The lowest BCUT2D eigenvalue weighted by Gasteiger charge is -2.28. The largest absolute Gasteiger partial charge is 0.355 e. The summed E-state index contributed by atoms with van der Waals surface area (Å²) >= 11 is 7.64. The van der Waals surface area contributed by atoms with E-state index >= 15 is 0 Å². The van der Waals surface area contributed by atoms with Crippen molar-refractivity contribution in [1.82, 2.24) is 10.2 Å². The molecule has 0 saturated carbocycles. The van der Waals surface area contributed by atoms with E-state index in [9.17, 15) is 9.59 Å². The van der Waals surface area contributed by atoms with E-state index in [-0.39, 0.29) is 11.8 Å². The number of hydrogen-bond donors (Lipinski definition) is 1. The van der Waals surface area contributed by atoms with Gasteiger partial charge >= 0.3 is 0 Å². The van der Waals surface area contributed by atoms with Crippen molar-refractivity contribution in [3.8, 4) is 0 Å². The first-order valence-corrected chi connectivity index (χ1v) is 10.9. The summed E-state index contributed by atoms with van der Waals surface area (Å²) < 4.78 is 0. The number of benzene rings is 2. The van der Waals surface area contributed by atoms with Crippen LogP contribution in [-0.2, 0) is 21.9 Å². The zero-order valence-corrected chi connectivity index (χ0v) is 18.1. The maximum atomic E-state index is 12.9. The van der Waals surface area contributed by atoms with Crippen LogP contribution in [0.2, 0.25) is 5.02 Å². The minimum absolute atomic E-state index is 0.0580. The van der Waals surface area contributed by atoms with Crippen LogP contribution >= 0.6 is 23.4 Å². The summed E-state index contributed by atoms with van der Waals surface area (Å²) in [5, 5.41) is 3.42. The number of nitrogens with zero attached hydrogens (tertiary/aromatic N) is 1. The quantitative estimate of drug-likeness (QED) is 0.655. The highest BCUT2D eigenvalue weighted by molar-refractivity contribution is 7.99. The van der Waals surface area contributed by atoms with Gasteiger partial charge in [0, 0.05) is 23.9 Å². The van der Waals surface area contributed by atoms with Crippen molar-refractivity contribution in [3.63, 3.8) is 0 Å². The highest BCUT2D eigenvalue weighted by Crippen LogP contribution is 2.19. The van der Waals surface area contributed by atoms with Crippen LogP contribution in [0.25, 0.3) is 0 Å². The summed E-state index contributed by atoms with van der Waals surface area (Å²) in [4.78, 5) is 26.9. The van der Waals surface area contributed by atoms with E-state index in [0.717, 1.165) is 11.3 Å². The number of nitrogens with one attached hydrogen (secondary N) is 1. The average Bonchev–Trinajstić information content (AvgIpc) is 2.67. The number of likely N-dealkylation sites (N-methyl/N-ethyl adjacent to an activating group) is 1. The molecule has 0 aliphatic rings. The summed E-state index contributed by atoms with van der Waals surface area (Å²) in [5.74, 6) is 0.872. The van der Waals surface area contributed by atoms with Crippen molar-refractivity contribution in [2.24, 2.45) is 0 Å². The van der Waals surface area contributed by atoms with Crippen molar-refractivity contribution in [2.75, 3.05) is 12.3 Å². The number of thioether (sulfide) groups is 1. The third-order valence-electron chi connectivity index (χ3n) is 4.50. The van der Waals surface area contributed by atoms with Gasteiger partial charge in [-0.3, -0.25) is 9.59 Å². The van der Waals surface area contributed by atoms with Crippen LogP contribution in [0.3, 0.4) is 0 Å². The molecular weight excluding hydrogens is 392 g/mol. The van der Waals surface area contributed by atoms with Gasteiger partial charge in [0.25, 0.3) is 0 Å². The number of rotatable bonds is 9. The Morgan fingerprint density at radius 1 is 1.18 bits per heavy atom. The Morgan fingerprint density at radius 3 is 2.61 bits per heavy atom. The van der Waals surface area contributed by atoms with E-state index < -0.39 is 6.04 Å². The fraction of sp³-hybridized carbons (Fsp3) is 0.364. The molecule has 1 atom stereocenters. The third-order valence-corrected chi connectivity index (χ3v) is 5.71. The summed E-state index contributed by atoms with van der Waals surface area (Å²) in [6.07, 6.45) is 0. The molecule has 6 heteroatoms. The maximum Gasteiger partial charge on any atom is 0.242 e. The van der Waals surface area contributed by atoms with Gasteiger partial charge in [-0.2, -0.15) is 0 Å². The Kier molecular flexibility index (Phi) is 8.87. The summed E-state index contributed by atoms with van der Waals surface area (Å²) in [6.45, 7) is 6.58. The normalized spacial score (nSPS) is 11.7. The average molecular weight is 419 g/mol. The van der Waals surface area contributed by atoms with Crippen molar-refractivity contribution in [3.05, 3.63) is 70.2 Å². The molecule has 0 aromatic heterocycles. The molecule has 2 aromatic carbocycles. The van der Waals surface area contributed by atoms with Crippen molar-refractivity contribution in [1.29, 1.82) is 0 Å². The van der Waals surface area contributed by atoms with Crippen LogP contribution in [0.4, 0.5) is 0 Å². The highest BCUT2D eigenvalue weighted by Gasteiger charge is 2.25. The van der Waals surface area contributed by atoms with Gasteiger partial charge in [-0.25, -0.2) is 0 Å². The number of amides is 2. The highest BCUT2D eigenvalue weighted by atomic mass is 35.5. The summed E-state index contributed by atoms with van der Waals surface area (Å²) in [7, 11) is 0. The van der Waals surface area contributed by atoms with Crippen LogP contribution in [0.15, 0.2) is 48.5 Å². The Labute approximate surface area is 176 Å². The van der Waals surface area contributed by atoms with Crippen LogP contribution in [0, 0.1) is 6.92 Å². The maximum absolute atomic E-state index is 12.9. The molecule has 1 N–H and O–H groups in total. The number of carbonyl (C=O) groups is 2. The van der Waals surface area contributed by atoms with Gasteiger partial charge in [-0.05, 0) is 49.6 Å². The molecule has 0 saturated heterocycles. The van der Waals surface area contributed by atoms with Crippen molar-refractivity contribution >= 4 is 35.2 Å². The Balaban J connectivity index is 2.07. The second-order valence-electron chi connectivity index (χ2n) is 6.64. The van der Waals surface area contributed by atoms with E-state index in [0.29, 0.717) is 23.9 Å². The lowest BCUT2D eigenvalue weighted by Crippen LogP contribution is -2.48. The zero-order valence-electron chi connectivity index (χ0n) is 16.6. The van der Waals surface area contributed by atoms with Crippen LogP contribution in [-0.4, -0.2) is 35.1 Å². The minimum Gasteiger partial charge on any atom is -0.355 e. The minimum atomic E-state index is -0.550. The number of carbonyl (C=O) groups excluding carboxylic acids is 2. The molecule has 0 unspecified atom stereocenters. The molecule has 0 radical (unpaired) electrons. The topological polar surface area (TPSA) is 49.4 Å². The molecule has 0 spiro atoms. The molecule has 2 amide bonds. The molecular formula is C22H27ClN2O2S. The number of aryl methyl sites for hydroxylation is 1. The van der Waals surface area contributed by atoms with Gasteiger partial charge in [0.15, 0.2) is 0 Å². The molecule has 2 aromatic rings. The van der Waals surface area contributed by atoms with E-state index in [1.165, 1.54) is 11.1 Å². The van der Waals surface area contributed by atoms with Gasteiger partial charge in [-0.15, -0.1) is 11.8 Å². The van der Waals surface area contributed by atoms with Gasteiger partial charge in [0.05, 0.1) is 5.75 Å². The van der Waals surface area contributed by atoms with E-state index in [1.807, 2.05) is 37.3 Å². The lowest BCUT2D eigenvalue weighted by atomic mass is 10.1. The van der Waals surface area contributed by atoms with Gasteiger partial charge in [0.2, 0.25) is 11.8 Å². The van der Waals surface area contributed by atoms with Gasteiger partial charge in [0.1, 0.15) is 6.04 Å². The molecule has 0 aliphatic heterocycles. The van der Waals surface area contributed by atoms with Crippen molar-refractivity contribution < 1.29 is 9.59 Å².